The summed E-state index contributed by atoms with van der Waals surface area (Å²) in [4.78, 5) is 0. The predicted molar refractivity (Wildman–Crippen MR) is 87.5 cm³/mol. The van der Waals surface area contributed by atoms with Gasteiger partial charge in [-0.3, -0.25) is 0 Å². The van der Waals surface area contributed by atoms with Crippen molar-refractivity contribution in [2.24, 2.45) is 5.73 Å². The monoisotopic (exact) mass is 331 g/mol. The van der Waals surface area contributed by atoms with Gasteiger partial charge in [-0.25, -0.2) is 0 Å². The molecule has 0 spiro atoms. The molecule has 2 nitrogen and oxygen atoms in total. The van der Waals surface area contributed by atoms with E-state index in [0.29, 0.717) is 12.4 Å². The van der Waals surface area contributed by atoms with Crippen LogP contribution < -0.4 is 10.5 Å². The minimum atomic E-state index is -4.42. The Labute approximate surface area is 137 Å². The van der Waals surface area contributed by atoms with Crippen LogP contribution in [0.5, 0.6) is 5.75 Å². The van der Waals surface area contributed by atoms with Gasteiger partial charge in [0.05, 0.1) is 6.61 Å². The first kappa shape index (κ1) is 19.8. The Morgan fingerprint density at radius 2 is 1.43 bits per heavy atom. The largest absolute Gasteiger partial charge is 0.494 e. The van der Waals surface area contributed by atoms with E-state index in [1.54, 1.807) is 12.1 Å². The number of nitrogens with two attached hydrogens (primary N) is 1. The van der Waals surface area contributed by atoms with E-state index < -0.39 is 12.2 Å². The molecule has 1 atom stereocenters. The molecule has 132 valence electrons. The first-order valence-corrected chi connectivity index (χ1v) is 8.50. The molecule has 0 heterocycles. The lowest BCUT2D eigenvalue weighted by molar-refractivity contribution is -0.149. The number of benzene rings is 1. The molecule has 23 heavy (non-hydrogen) atoms. The maximum absolute atomic E-state index is 12.5. The van der Waals surface area contributed by atoms with E-state index in [9.17, 15) is 13.2 Å². The zero-order chi connectivity index (χ0) is 17.1. The second-order valence-corrected chi connectivity index (χ2v) is 5.91. The zero-order valence-electron chi connectivity index (χ0n) is 13.9. The molecular formula is C18H28F3NO. The number of hydrogen-bond acceptors (Lipinski definition) is 2. The third kappa shape index (κ3) is 8.26. The van der Waals surface area contributed by atoms with Gasteiger partial charge in [-0.2, -0.15) is 13.2 Å². The van der Waals surface area contributed by atoms with Crippen LogP contribution in [0.1, 0.15) is 69.9 Å². The van der Waals surface area contributed by atoms with Crippen LogP contribution in [0.15, 0.2) is 24.3 Å². The molecule has 0 bridgehead atoms. The van der Waals surface area contributed by atoms with Crippen molar-refractivity contribution >= 4 is 0 Å². The van der Waals surface area contributed by atoms with Gasteiger partial charge < -0.3 is 10.5 Å². The number of rotatable bonds is 11. The van der Waals surface area contributed by atoms with E-state index in [2.05, 4.69) is 6.92 Å². The minimum Gasteiger partial charge on any atom is -0.494 e. The van der Waals surface area contributed by atoms with Gasteiger partial charge in [0.2, 0.25) is 0 Å². The summed E-state index contributed by atoms with van der Waals surface area (Å²) in [5, 5.41) is 0. The molecular weight excluding hydrogens is 303 g/mol. The van der Waals surface area contributed by atoms with Crippen LogP contribution in [0.25, 0.3) is 0 Å². The molecule has 0 saturated carbocycles. The maximum Gasteiger partial charge on any atom is 0.407 e. The molecule has 0 aliphatic carbocycles. The molecule has 0 saturated heterocycles. The van der Waals surface area contributed by atoms with E-state index >= 15 is 0 Å². The Morgan fingerprint density at radius 1 is 0.913 bits per heavy atom. The van der Waals surface area contributed by atoms with Crippen LogP contribution in [-0.4, -0.2) is 12.8 Å². The normalized spacial score (nSPS) is 13.1. The van der Waals surface area contributed by atoms with Crippen LogP contribution in [0.4, 0.5) is 13.2 Å². The molecule has 0 amide bonds. The standard InChI is InChI=1S/C18H28F3NO/c1-2-3-4-5-6-7-8-9-14-23-16-12-10-15(11-13-16)17(22)18(19,20)21/h10-13,17H,2-9,14,22H2,1H3/t17-/m0/s1. The maximum atomic E-state index is 12.5. The Balaban J connectivity index is 2.16. The highest BCUT2D eigenvalue weighted by Gasteiger charge is 2.37. The van der Waals surface area contributed by atoms with E-state index in [1.807, 2.05) is 0 Å². The van der Waals surface area contributed by atoms with Crippen molar-refractivity contribution < 1.29 is 17.9 Å². The molecule has 1 rings (SSSR count). The number of halogens is 3. The molecule has 0 fully saturated rings. The van der Waals surface area contributed by atoms with Gasteiger partial charge in [0.15, 0.2) is 0 Å². The van der Waals surface area contributed by atoms with Crippen LogP contribution in [0.2, 0.25) is 0 Å². The van der Waals surface area contributed by atoms with Gasteiger partial charge >= 0.3 is 6.18 Å². The summed E-state index contributed by atoms with van der Waals surface area (Å²) in [6, 6.07) is 3.91. The zero-order valence-corrected chi connectivity index (χ0v) is 13.9. The Morgan fingerprint density at radius 3 is 1.96 bits per heavy atom. The van der Waals surface area contributed by atoms with Gasteiger partial charge in [0.25, 0.3) is 0 Å². The molecule has 0 aliphatic rings. The SMILES string of the molecule is CCCCCCCCCCOc1ccc([C@H](N)C(F)(F)F)cc1. The lowest BCUT2D eigenvalue weighted by Crippen LogP contribution is -2.28. The first-order chi connectivity index (χ1) is 10.9. The van der Waals surface area contributed by atoms with Gasteiger partial charge in [0.1, 0.15) is 11.8 Å². The van der Waals surface area contributed by atoms with Crippen molar-refractivity contribution in [2.45, 2.75) is 70.5 Å². The van der Waals surface area contributed by atoms with Crippen molar-refractivity contribution in [3.8, 4) is 5.75 Å². The predicted octanol–water partition coefficient (Wildman–Crippen LogP) is 5.77. The smallest absolute Gasteiger partial charge is 0.407 e. The molecule has 1 aromatic rings. The quantitative estimate of drug-likeness (QED) is 0.523. The van der Waals surface area contributed by atoms with E-state index in [4.69, 9.17) is 10.5 Å². The number of alkyl halides is 3. The van der Waals surface area contributed by atoms with E-state index in [-0.39, 0.29) is 5.56 Å². The number of hydrogen-bond donors (Lipinski definition) is 1. The Bertz CT molecular complexity index is 417. The lowest BCUT2D eigenvalue weighted by Gasteiger charge is -2.16. The molecule has 5 heteroatoms. The van der Waals surface area contributed by atoms with Gasteiger partial charge in [-0.1, -0.05) is 64.0 Å². The number of unbranched alkanes of at least 4 members (excludes halogenated alkanes) is 7. The summed E-state index contributed by atoms with van der Waals surface area (Å²) in [6.45, 7) is 2.81. The van der Waals surface area contributed by atoms with E-state index in [1.165, 1.54) is 50.7 Å². The third-order valence-electron chi connectivity index (χ3n) is 3.86. The Kier molecular flexibility index (Phi) is 9.07. The summed E-state index contributed by atoms with van der Waals surface area (Å²) >= 11 is 0. The minimum absolute atomic E-state index is 0.0527. The summed E-state index contributed by atoms with van der Waals surface area (Å²) in [5.74, 6) is 0.589. The summed E-state index contributed by atoms with van der Waals surface area (Å²) in [6.07, 6.45) is 5.36. The topological polar surface area (TPSA) is 35.2 Å². The van der Waals surface area contributed by atoms with Crippen LogP contribution >= 0.6 is 0 Å². The van der Waals surface area contributed by atoms with Gasteiger partial charge in [-0.05, 0) is 24.1 Å². The average Bonchev–Trinajstić information content (AvgIpc) is 2.52. The fourth-order valence-electron chi connectivity index (χ4n) is 2.39. The van der Waals surface area contributed by atoms with Gasteiger partial charge in [-0.15, -0.1) is 0 Å². The van der Waals surface area contributed by atoms with Crippen molar-refractivity contribution in [1.29, 1.82) is 0 Å². The molecule has 0 aromatic heterocycles. The van der Waals surface area contributed by atoms with Crippen LogP contribution in [-0.2, 0) is 0 Å². The van der Waals surface area contributed by atoms with Crippen LogP contribution in [0, 0.1) is 0 Å². The molecule has 2 N–H and O–H groups in total. The third-order valence-corrected chi connectivity index (χ3v) is 3.86. The van der Waals surface area contributed by atoms with Crippen molar-refractivity contribution in [2.75, 3.05) is 6.61 Å². The second-order valence-electron chi connectivity index (χ2n) is 5.91. The summed E-state index contributed by atoms with van der Waals surface area (Å²) < 4.78 is 43.0. The molecule has 0 radical (unpaired) electrons. The highest BCUT2D eigenvalue weighted by atomic mass is 19.4. The van der Waals surface area contributed by atoms with Crippen molar-refractivity contribution in [3.63, 3.8) is 0 Å². The van der Waals surface area contributed by atoms with Crippen molar-refractivity contribution in [3.05, 3.63) is 29.8 Å². The number of ether oxygens (including phenoxy) is 1. The van der Waals surface area contributed by atoms with E-state index in [0.717, 1.165) is 12.8 Å². The Hall–Kier alpha value is -1.23. The summed E-state index contributed by atoms with van der Waals surface area (Å²) in [5.41, 5.74) is 5.21. The highest BCUT2D eigenvalue weighted by Crippen LogP contribution is 2.31. The lowest BCUT2D eigenvalue weighted by atomic mass is 10.1. The second kappa shape index (κ2) is 10.5. The molecule has 0 unspecified atom stereocenters. The van der Waals surface area contributed by atoms with Crippen LogP contribution in [0.3, 0.4) is 0 Å². The fourth-order valence-corrected chi connectivity index (χ4v) is 2.39. The first-order valence-electron chi connectivity index (χ1n) is 8.50. The summed E-state index contributed by atoms with van der Waals surface area (Å²) in [7, 11) is 0. The van der Waals surface area contributed by atoms with Gasteiger partial charge in [0, 0.05) is 0 Å². The molecule has 0 aliphatic heterocycles. The highest BCUT2D eigenvalue weighted by molar-refractivity contribution is 5.29. The average molecular weight is 331 g/mol. The van der Waals surface area contributed by atoms with Crippen molar-refractivity contribution in [1.82, 2.24) is 0 Å². The molecule has 1 aromatic carbocycles. The fraction of sp³-hybridized carbons (Fsp3) is 0.667.